The first-order valence-corrected chi connectivity index (χ1v) is 9.39. The third-order valence-electron chi connectivity index (χ3n) is 5.13. The molecule has 7 nitrogen and oxygen atoms in total. The molecule has 0 saturated carbocycles. The highest BCUT2D eigenvalue weighted by molar-refractivity contribution is 5.95. The van der Waals surface area contributed by atoms with Crippen LogP contribution in [0.2, 0.25) is 0 Å². The molecule has 1 fully saturated rings. The van der Waals surface area contributed by atoms with Gasteiger partial charge in [0.05, 0.1) is 17.3 Å². The van der Waals surface area contributed by atoms with Gasteiger partial charge < -0.3 is 14.5 Å². The average molecular weight is 425 g/mol. The minimum atomic E-state index is -4.88. The van der Waals surface area contributed by atoms with Gasteiger partial charge in [-0.05, 0) is 19.1 Å². The van der Waals surface area contributed by atoms with Gasteiger partial charge in [0.2, 0.25) is 5.95 Å². The summed E-state index contributed by atoms with van der Waals surface area (Å²) in [5.41, 5.74) is -1.51. The molecule has 1 aromatic heterocycles. The summed E-state index contributed by atoms with van der Waals surface area (Å²) in [6, 6.07) is 2.09. The second-order valence-electron chi connectivity index (χ2n) is 7.13. The Morgan fingerprint density at radius 2 is 1.80 bits per heavy atom. The van der Waals surface area contributed by atoms with Crippen molar-refractivity contribution >= 4 is 17.7 Å². The van der Waals surface area contributed by atoms with Crippen molar-refractivity contribution in [2.45, 2.75) is 19.1 Å². The SMILES string of the molecule is CC1COc2cc(F)c(C(F)(F)F)cc2N1C(=O)N1CCN(c2ncccn2)CC1. The van der Waals surface area contributed by atoms with E-state index in [4.69, 9.17) is 4.74 Å². The van der Waals surface area contributed by atoms with Crippen LogP contribution in [0.1, 0.15) is 12.5 Å². The Morgan fingerprint density at radius 3 is 2.43 bits per heavy atom. The molecule has 3 heterocycles. The summed E-state index contributed by atoms with van der Waals surface area (Å²) in [6.45, 7) is 3.40. The molecule has 4 rings (SSSR count). The van der Waals surface area contributed by atoms with E-state index in [2.05, 4.69) is 9.97 Å². The first-order chi connectivity index (χ1) is 14.3. The van der Waals surface area contributed by atoms with Crippen LogP contribution < -0.4 is 14.5 Å². The maximum absolute atomic E-state index is 13.9. The molecular weight excluding hydrogens is 406 g/mol. The topological polar surface area (TPSA) is 61.8 Å². The summed E-state index contributed by atoms with van der Waals surface area (Å²) in [5, 5.41) is 0. The average Bonchev–Trinajstić information content (AvgIpc) is 2.73. The zero-order chi connectivity index (χ0) is 21.5. The Hall–Kier alpha value is -3.11. The van der Waals surface area contributed by atoms with E-state index in [0.717, 1.165) is 0 Å². The zero-order valence-corrected chi connectivity index (χ0v) is 16.1. The highest BCUT2D eigenvalue weighted by Crippen LogP contribution is 2.41. The second kappa shape index (κ2) is 7.62. The monoisotopic (exact) mass is 425 g/mol. The smallest absolute Gasteiger partial charge is 0.419 e. The zero-order valence-electron chi connectivity index (χ0n) is 16.1. The normalized spacial score (nSPS) is 19.4. The summed E-state index contributed by atoms with van der Waals surface area (Å²) in [7, 11) is 0. The fraction of sp³-hybridized carbons (Fsp3) is 0.421. The van der Waals surface area contributed by atoms with Gasteiger partial charge in [-0.2, -0.15) is 13.2 Å². The van der Waals surface area contributed by atoms with E-state index < -0.39 is 29.6 Å². The van der Waals surface area contributed by atoms with Crippen molar-refractivity contribution in [1.29, 1.82) is 0 Å². The number of alkyl halides is 3. The molecule has 0 radical (unpaired) electrons. The Kier molecular flexibility index (Phi) is 5.12. The van der Waals surface area contributed by atoms with Gasteiger partial charge in [0.25, 0.3) is 0 Å². The van der Waals surface area contributed by atoms with Gasteiger partial charge in [0.1, 0.15) is 18.2 Å². The molecule has 2 aliphatic rings. The maximum atomic E-state index is 13.9. The van der Waals surface area contributed by atoms with E-state index in [-0.39, 0.29) is 18.0 Å². The van der Waals surface area contributed by atoms with Crippen molar-refractivity contribution in [1.82, 2.24) is 14.9 Å². The molecule has 2 amide bonds. The standard InChI is InChI=1S/C19H19F4N5O2/c1-12-11-30-16-10-14(20)13(19(21,22)23)9-15(16)28(12)18(29)27-7-5-26(6-8-27)17-24-3-2-4-25-17/h2-4,9-10,12H,5-8,11H2,1H3. The molecule has 30 heavy (non-hydrogen) atoms. The number of anilines is 2. The van der Waals surface area contributed by atoms with Crippen LogP contribution in [-0.2, 0) is 6.18 Å². The molecule has 1 aromatic carbocycles. The first kappa shape index (κ1) is 20.2. The number of carbonyl (C=O) groups excluding carboxylic acids is 1. The lowest BCUT2D eigenvalue weighted by atomic mass is 10.1. The van der Waals surface area contributed by atoms with Crippen LogP contribution in [0.4, 0.5) is 34.0 Å². The minimum Gasteiger partial charge on any atom is -0.489 e. The number of hydrogen-bond donors (Lipinski definition) is 0. The summed E-state index contributed by atoms with van der Waals surface area (Å²) in [4.78, 5) is 26.3. The number of halogens is 4. The number of urea groups is 1. The second-order valence-corrected chi connectivity index (χ2v) is 7.13. The molecule has 1 saturated heterocycles. The van der Waals surface area contributed by atoms with Crippen molar-refractivity contribution in [3.63, 3.8) is 0 Å². The van der Waals surface area contributed by atoms with Crippen molar-refractivity contribution in [2.24, 2.45) is 0 Å². The van der Waals surface area contributed by atoms with Crippen LogP contribution in [-0.4, -0.2) is 59.7 Å². The quantitative estimate of drug-likeness (QED) is 0.657. The van der Waals surface area contributed by atoms with E-state index in [0.29, 0.717) is 44.3 Å². The minimum absolute atomic E-state index is 0.0569. The number of hydrogen-bond acceptors (Lipinski definition) is 5. The fourth-order valence-electron chi connectivity index (χ4n) is 3.58. The predicted molar refractivity (Wildman–Crippen MR) is 100 cm³/mol. The number of aromatic nitrogens is 2. The fourth-order valence-corrected chi connectivity index (χ4v) is 3.58. The molecule has 11 heteroatoms. The lowest BCUT2D eigenvalue weighted by Crippen LogP contribution is -2.56. The molecular formula is C19H19F4N5O2. The number of nitrogens with zero attached hydrogens (tertiary/aromatic N) is 5. The molecule has 2 aromatic rings. The summed E-state index contributed by atoms with van der Waals surface area (Å²) in [5.74, 6) is -0.956. The number of ether oxygens (including phenoxy) is 1. The number of amides is 2. The Bertz CT molecular complexity index is 933. The highest BCUT2D eigenvalue weighted by atomic mass is 19.4. The largest absolute Gasteiger partial charge is 0.489 e. The third-order valence-corrected chi connectivity index (χ3v) is 5.13. The number of rotatable bonds is 1. The van der Waals surface area contributed by atoms with Crippen molar-refractivity contribution < 1.29 is 27.1 Å². The lowest BCUT2D eigenvalue weighted by Gasteiger charge is -2.41. The van der Waals surface area contributed by atoms with E-state index in [1.165, 1.54) is 4.90 Å². The van der Waals surface area contributed by atoms with E-state index >= 15 is 0 Å². The van der Waals surface area contributed by atoms with E-state index in [9.17, 15) is 22.4 Å². The third kappa shape index (κ3) is 3.71. The number of carbonyl (C=O) groups is 1. The number of benzene rings is 1. The summed E-state index contributed by atoms with van der Waals surface area (Å²) >= 11 is 0. The van der Waals surface area contributed by atoms with Gasteiger partial charge in [0.15, 0.2) is 0 Å². The molecule has 0 aliphatic carbocycles. The van der Waals surface area contributed by atoms with Gasteiger partial charge in [-0.3, -0.25) is 4.90 Å². The summed E-state index contributed by atoms with van der Waals surface area (Å²) < 4.78 is 58.9. The van der Waals surface area contributed by atoms with Gasteiger partial charge in [-0.1, -0.05) is 0 Å². The van der Waals surface area contributed by atoms with Crippen LogP contribution in [0.25, 0.3) is 0 Å². The molecule has 0 bridgehead atoms. The Balaban J connectivity index is 1.56. The molecule has 0 N–H and O–H groups in total. The van der Waals surface area contributed by atoms with Crippen molar-refractivity contribution in [2.75, 3.05) is 42.6 Å². The van der Waals surface area contributed by atoms with Crippen molar-refractivity contribution in [3.05, 3.63) is 42.0 Å². The predicted octanol–water partition coefficient (Wildman–Crippen LogP) is 3.16. The first-order valence-electron chi connectivity index (χ1n) is 9.39. The van der Waals surface area contributed by atoms with Gasteiger partial charge in [0, 0.05) is 44.6 Å². The Labute approximate surface area is 169 Å². The maximum Gasteiger partial charge on any atom is 0.419 e. The molecule has 0 spiro atoms. The molecule has 2 aliphatic heterocycles. The van der Waals surface area contributed by atoms with Crippen LogP contribution in [0.15, 0.2) is 30.6 Å². The lowest BCUT2D eigenvalue weighted by molar-refractivity contribution is -0.140. The van der Waals surface area contributed by atoms with Crippen molar-refractivity contribution in [3.8, 4) is 5.75 Å². The van der Waals surface area contributed by atoms with Gasteiger partial charge in [-0.15, -0.1) is 0 Å². The summed E-state index contributed by atoms with van der Waals surface area (Å²) in [6.07, 6.45) is -1.62. The van der Waals surface area contributed by atoms with Gasteiger partial charge >= 0.3 is 12.2 Å². The van der Waals surface area contributed by atoms with Crippen LogP contribution >= 0.6 is 0 Å². The highest BCUT2D eigenvalue weighted by Gasteiger charge is 2.40. The number of piperazine rings is 1. The molecule has 1 unspecified atom stereocenters. The molecule has 160 valence electrons. The molecule has 1 atom stereocenters. The van der Waals surface area contributed by atoms with E-state index in [1.807, 2.05) is 4.90 Å². The van der Waals surface area contributed by atoms with Crippen LogP contribution in [0.3, 0.4) is 0 Å². The Morgan fingerprint density at radius 1 is 1.13 bits per heavy atom. The van der Waals surface area contributed by atoms with Crippen LogP contribution in [0, 0.1) is 5.82 Å². The van der Waals surface area contributed by atoms with E-state index in [1.54, 1.807) is 30.3 Å². The number of fused-ring (bicyclic) bond motifs is 1. The van der Waals surface area contributed by atoms with Crippen LogP contribution in [0.5, 0.6) is 5.75 Å². The van der Waals surface area contributed by atoms with Gasteiger partial charge in [-0.25, -0.2) is 19.2 Å².